The van der Waals surface area contributed by atoms with Crippen LogP contribution >= 0.6 is 23.5 Å². The number of anilines is 1. The number of amides is 1. The maximum absolute atomic E-state index is 12.2. The van der Waals surface area contributed by atoms with Gasteiger partial charge >= 0.3 is 0 Å². The van der Waals surface area contributed by atoms with Gasteiger partial charge in [-0.05, 0) is 36.4 Å². The van der Waals surface area contributed by atoms with Crippen LogP contribution in [0.25, 0.3) is 0 Å². The fraction of sp³-hybridized carbons (Fsp3) is 0.150. The minimum absolute atomic E-state index is 0.105. The molecule has 1 aliphatic rings. The highest BCUT2D eigenvalue weighted by Gasteiger charge is 2.18. The standard InChI is InChI=1S/C20H17N3O3S2/c24-18(12-28-20-22-17-11-27-10-16(17)19(25)23-20)21-13-6-8-15(9-7-13)26-14-4-2-1-3-5-14/h1-9H,10-12H2,(H,21,24)(H,22,23,25). The van der Waals surface area contributed by atoms with Crippen molar-refractivity contribution in [2.45, 2.75) is 16.7 Å². The molecule has 0 unspecified atom stereocenters. The van der Waals surface area contributed by atoms with Crippen molar-refractivity contribution >= 4 is 35.1 Å². The van der Waals surface area contributed by atoms with Gasteiger partial charge in [-0.25, -0.2) is 4.98 Å². The molecule has 0 bridgehead atoms. The van der Waals surface area contributed by atoms with E-state index in [0.717, 1.165) is 22.8 Å². The van der Waals surface area contributed by atoms with Crippen molar-refractivity contribution in [3.63, 3.8) is 0 Å². The van der Waals surface area contributed by atoms with Crippen LogP contribution in [-0.2, 0) is 16.3 Å². The van der Waals surface area contributed by atoms with Gasteiger partial charge in [0, 0.05) is 22.8 Å². The monoisotopic (exact) mass is 411 g/mol. The number of nitrogens with zero attached hydrogens (tertiary/aromatic N) is 1. The Morgan fingerprint density at radius 1 is 1.11 bits per heavy atom. The smallest absolute Gasteiger partial charge is 0.255 e. The van der Waals surface area contributed by atoms with E-state index in [-0.39, 0.29) is 17.2 Å². The van der Waals surface area contributed by atoms with Crippen LogP contribution in [0.5, 0.6) is 11.5 Å². The summed E-state index contributed by atoms with van der Waals surface area (Å²) in [6.45, 7) is 0. The third-order valence-corrected chi connectivity index (χ3v) is 5.87. The van der Waals surface area contributed by atoms with E-state index in [4.69, 9.17) is 4.74 Å². The Labute approximate surface area is 170 Å². The number of para-hydroxylation sites is 1. The largest absolute Gasteiger partial charge is 0.457 e. The van der Waals surface area contributed by atoms with Gasteiger partial charge in [0.05, 0.1) is 11.4 Å². The summed E-state index contributed by atoms with van der Waals surface area (Å²) in [7, 11) is 0. The van der Waals surface area contributed by atoms with Crippen molar-refractivity contribution in [1.82, 2.24) is 9.97 Å². The van der Waals surface area contributed by atoms with Crippen LogP contribution in [-0.4, -0.2) is 21.6 Å². The highest BCUT2D eigenvalue weighted by atomic mass is 32.2. The third kappa shape index (κ3) is 4.58. The van der Waals surface area contributed by atoms with E-state index in [1.807, 2.05) is 30.3 Å². The van der Waals surface area contributed by atoms with E-state index in [0.29, 0.717) is 22.3 Å². The Morgan fingerprint density at radius 3 is 2.64 bits per heavy atom. The first-order valence-corrected chi connectivity index (χ1v) is 10.8. The minimum atomic E-state index is -0.167. The van der Waals surface area contributed by atoms with E-state index < -0.39 is 0 Å². The fourth-order valence-electron chi connectivity index (χ4n) is 2.67. The first-order valence-electron chi connectivity index (χ1n) is 8.63. The summed E-state index contributed by atoms with van der Waals surface area (Å²) in [5.41, 5.74) is 2.15. The number of H-pyrrole nitrogens is 1. The lowest BCUT2D eigenvalue weighted by atomic mass is 10.3. The van der Waals surface area contributed by atoms with Crippen LogP contribution in [0, 0.1) is 0 Å². The molecule has 0 saturated carbocycles. The SMILES string of the molecule is O=C(CSc1nc2c(c(=O)[nH]1)CSC2)Nc1ccc(Oc2ccccc2)cc1. The number of fused-ring (bicyclic) bond motifs is 1. The van der Waals surface area contributed by atoms with Crippen molar-refractivity contribution < 1.29 is 9.53 Å². The Bertz CT molecular complexity index is 1040. The summed E-state index contributed by atoms with van der Waals surface area (Å²) in [5.74, 6) is 2.89. The van der Waals surface area contributed by atoms with E-state index in [9.17, 15) is 9.59 Å². The first kappa shape index (κ1) is 18.6. The van der Waals surface area contributed by atoms with Crippen molar-refractivity contribution in [2.24, 2.45) is 0 Å². The van der Waals surface area contributed by atoms with Crippen molar-refractivity contribution in [3.8, 4) is 11.5 Å². The van der Waals surface area contributed by atoms with Crippen LogP contribution < -0.4 is 15.6 Å². The molecule has 8 heteroatoms. The number of hydrogen-bond acceptors (Lipinski definition) is 6. The molecule has 0 fully saturated rings. The molecule has 1 aromatic heterocycles. The molecule has 2 heterocycles. The molecule has 0 spiro atoms. The van der Waals surface area contributed by atoms with E-state index in [1.54, 1.807) is 36.0 Å². The molecular formula is C20H17N3O3S2. The maximum atomic E-state index is 12.2. The number of hydrogen-bond donors (Lipinski definition) is 2. The van der Waals surface area contributed by atoms with Crippen LogP contribution in [0.3, 0.4) is 0 Å². The number of aromatic nitrogens is 2. The fourth-order valence-corrected chi connectivity index (χ4v) is 4.39. The zero-order valence-electron chi connectivity index (χ0n) is 14.8. The lowest BCUT2D eigenvalue weighted by Gasteiger charge is -2.08. The van der Waals surface area contributed by atoms with Crippen molar-refractivity contribution in [1.29, 1.82) is 0 Å². The summed E-state index contributed by atoms with van der Waals surface area (Å²) in [6, 6.07) is 16.7. The number of benzene rings is 2. The van der Waals surface area contributed by atoms with Gasteiger partial charge in [0.15, 0.2) is 5.16 Å². The van der Waals surface area contributed by atoms with Gasteiger partial charge in [-0.2, -0.15) is 11.8 Å². The maximum Gasteiger partial charge on any atom is 0.255 e. The van der Waals surface area contributed by atoms with Gasteiger partial charge in [0.2, 0.25) is 5.91 Å². The van der Waals surface area contributed by atoms with Gasteiger partial charge in [-0.1, -0.05) is 30.0 Å². The zero-order chi connectivity index (χ0) is 19.3. The summed E-state index contributed by atoms with van der Waals surface area (Å²) in [5, 5.41) is 3.31. The lowest BCUT2D eigenvalue weighted by Crippen LogP contribution is -2.17. The van der Waals surface area contributed by atoms with E-state index >= 15 is 0 Å². The van der Waals surface area contributed by atoms with Gasteiger partial charge in [0.25, 0.3) is 5.56 Å². The van der Waals surface area contributed by atoms with Gasteiger partial charge in [-0.15, -0.1) is 0 Å². The number of ether oxygens (including phenoxy) is 1. The molecule has 28 heavy (non-hydrogen) atoms. The predicted molar refractivity (Wildman–Crippen MR) is 112 cm³/mol. The van der Waals surface area contributed by atoms with Crippen LogP contribution in [0.15, 0.2) is 64.5 Å². The highest BCUT2D eigenvalue weighted by Crippen LogP contribution is 2.27. The van der Waals surface area contributed by atoms with Gasteiger partial charge in [0.1, 0.15) is 11.5 Å². The topological polar surface area (TPSA) is 84.1 Å². The molecule has 2 N–H and O–H groups in total. The number of nitrogens with one attached hydrogen (secondary N) is 2. The number of rotatable bonds is 6. The Morgan fingerprint density at radius 2 is 1.86 bits per heavy atom. The highest BCUT2D eigenvalue weighted by molar-refractivity contribution is 7.99. The van der Waals surface area contributed by atoms with Crippen LogP contribution in [0.4, 0.5) is 5.69 Å². The lowest BCUT2D eigenvalue weighted by molar-refractivity contribution is -0.113. The molecule has 0 aliphatic carbocycles. The second kappa shape index (κ2) is 8.53. The zero-order valence-corrected chi connectivity index (χ0v) is 16.4. The quantitative estimate of drug-likeness (QED) is 0.470. The molecule has 1 aliphatic heterocycles. The Balaban J connectivity index is 1.31. The molecular weight excluding hydrogens is 394 g/mol. The molecule has 0 radical (unpaired) electrons. The Hall–Kier alpha value is -2.71. The molecule has 0 saturated heterocycles. The van der Waals surface area contributed by atoms with Gasteiger partial charge < -0.3 is 15.0 Å². The normalized spacial score (nSPS) is 12.4. The first-order chi connectivity index (χ1) is 13.7. The minimum Gasteiger partial charge on any atom is -0.457 e. The molecule has 142 valence electrons. The molecule has 2 aromatic carbocycles. The number of carbonyl (C=O) groups excluding carboxylic acids is 1. The predicted octanol–water partition coefficient (Wildman–Crippen LogP) is 4.04. The molecule has 6 nitrogen and oxygen atoms in total. The molecule has 3 aromatic rings. The van der Waals surface area contributed by atoms with Crippen molar-refractivity contribution in [2.75, 3.05) is 11.1 Å². The third-order valence-electron chi connectivity index (χ3n) is 4.02. The number of carbonyl (C=O) groups is 1. The number of thioether (sulfide) groups is 2. The average molecular weight is 412 g/mol. The summed E-state index contributed by atoms with van der Waals surface area (Å²) < 4.78 is 5.73. The van der Waals surface area contributed by atoms with E-state index in [2.05, 4.69) is 15.3 Å². The van der Waals surface area contributed by atoms with E-state index in [1.165, 1.54) is 11.8 Å². The summed E-state index contributed by atoms with van der Waals surface area (Å²) >= 11 is 2.89. The molecule has 1 amide bonds. The summed E-state index contributed by atoms with van der Waals surface area (Å²) in [6.07, 6.45) is 0. The second-order valence-electron chi connectivity index (χ2n) is 6.07. The molecule has 4 rings (SSSR count). The summed E-state index contributed by atoms with van der Waals surface area (Å²) in [4.78, 5) is 31.4. The Kier molecular flexibility index (Phi) is 5.68. The van der Waals surface area contributed by atoms with Crippen LogP contribution in [0.1, 0.15) is 11.3 Å². The second-order valence-corrected chi connectivity index (χ2v) is 8.02. The van der Waals surface area contributed by atoms with Crippen molar-refractivity contribution in [3.05, 3.63) is 76.2 Å². The van der Waals surface area contributed by atoms with Gasteiger partial charge in [-0.3, -0.25) is 9.59 Å². The number of aromatic amines is 1. The average Bonchev–Trinajstić information content (AvgIpc) is 3.18. The van der Waals surface area contributed by atoms with Crippen LogP contribution in [0.2, 0.25) is 0 Å². The molecule has 0 atom stereocenters.